The molecule has 0 fully saturated rings. The maximum atomic E-state index is 5.93. The minimum Gasteiger partial charge on any atom is -0.488 e. The number of rotatable bonds is 6. The smallest absolute Gasteiger partial charge is 0.219 e. The van der Waals surface area contributed by atoms with E-state index in [9.17, 15) is 0 Å². The van der Waals surface area contributed by atoms with E-state index in [1.807, 2.05) is 37.4 Å². The Morgan fingerprint density at radius 1 is 1.20 bits per heavy atom. The van der Waals surface area contributed by atoms with Crippen molar-refractivity contribution in [3.05, 3.63) is 53.7 Å². The van der Waals surface area contributed by atoms with Gasteiger partial charge >= 0.3 is 0 Å². The molecule has 0 aliphatic rings. The predicted octanol–water partition coefficient (Wildman–Crippen LogP) is 2.95. The second kappa shape index (κ2) is 6.91. The zero-order valence-corrected chi connectivity index (χ0v) is 12.1. The van der Waals surface area contributed by atoms with Crippen molar-refractivity contribution in [1.82, 2.24) is 10.3 Å². The highest BCUT2D eigenvalue weighted by atomic mass is 16.5. The van der Waals surface area contributed by atoms with E-state index in [0.29, 0.717) is 12.5 Å². The van der Waals surface area contributed by atoms with E-state index >= 15 is 0 Å². The molecule has 106 valence electrons. The number of hydrogen-bond acceptors (Lipinski definition) is 4. The van der Waals surface area contributed by atoms with Crippen LogP contribution in [0.25, 0.3) is 0 Å². The van der Waals surface area contributed by atoms with E-state index in [0.717, 1.165) is 16.9 Å². The molecule has 4 nitrogen and oxygen atoms in total. The first kappa shape index (κ1) is 14.3. The van der Waals surface area contributed by atoms with Crippen molar-refractivity contribution in [2.75, 3.05) is 14.2 Å². The zero-order valence-electron chi connectivity index (χ0n) is 12.1. The van der Waals surface area contributed by atoms with E-state index in [4.69, 9.17) is 9.47 Å². The Hall–Kier alpha value is -2.07. The third-order valence-electron chi connectivity index (χ3n) is 3.25. The number of hydrogen-bond donors (Lipinski definition) is 1. The van der Waals surface area contributed by atoms with Crippen LogP contribution in [0.3, 0.4) is 0 Å². The maximum absolute atomic E-state index is 5.93. The number of benzene rings is 1. The molecule has 2 aromatic rings. The fourth-order valence-corrected chi connectivity index (χ4v) is 2.00. The number of nitrogens with zero attached hydrogens (tertiary/aromatic N) is 1. The van der Waals surface area contributed by atoms with Gasteiger partial charge in [-0.2, -0.15) is 0 Å². The highest BCUT2D eigenvalue weighted by molar-refractivity contribution is 5.36. The molecule has 0 amide bonds. The molecule has 4 heteroatoms. The molecule has 0 aliphatic carbocycles. The first-order chi connectivity index (χ1) is 9.76. The number of methoxy groups -OCH3 is 1. The monoisotopic (exact) mass is 272 g/mol. The summed E-state index contributed by atoms with van der Waals surface area (Å²) in [6.45, 7) is 2.54. The van der Waals surface area contributed by atoms with Gasteiger partial charge in [-0.3, -0.25) is 0 Å². The molecule has 1 aromatic carbocycles. The Morgan fingerprint density at radius 2 is 2.00 bits per heavy atom. The van der Waals surface area contributed by atoms with Gasteiger partial charge in [0.2, 0.25) is 5.88 Å². The van der Waals surface area contributed by atoms with Crippen LogP contribution in [0.15, 0.2) is 42.6 Å². The molecule has 0 saturated carbocycles. The molecule has 20 heavy (non-hydrogen) atoms. The van der Waals surface area contributed by atoms with Gasteiger partial charge in [0.05, 0.1) is 12.7 Å². The fourth-order valence-electron chi connectivity index (χ4n) is 2.00. The van der Waals surface area contributed by atoms with E-state index in [1.54, 1.807) is 13.3 Å². The van der Waals surface area contributed by atoms with Gasteiger partial charge in [-0.1, -0.05) is 18.2 Å². The Bertz CT molecular complexity index is 558. The van der Waals surface area contributed by atoms with Gasteiger partial charge < -0.3 is 14.8 Å². The van der Waals surface area contributed by atoms with Crippen molar-refractivity contribution in [1.29, 1.82) is 0 Å². The van der Waals surface area contributed by atoms with Crippen LogP contribution >= 0.6 is 0 Å². The third kappa shape index (κ3) is 3.27. The van der Waals surface area contributed by atoms with Crippen LogP contribution in [0.2, 0.25) is 0 Å². The van der Waals surface area contributed by atoms with Crippen LogP contribution < -0.4 is 14.8 Å². The van der Waals surface area contributed by atoms with Gasteiger partial charge in [0.15, 0.2) is 0 Å². The van der Waals surface area contributed by atoms with Crippen LogP contribution in [0, 0.1) is 0 Å². The lowest BCUT2D eigenvalue weighted by Gasteiger charge is -2.16. The van der Waals surface area contributed by atoms with Crippen LogP contribution in [0.4, 0.5) is 0 Å². The molecule has 0 aliphatic heterocycles. The van der Waals surface area contributed by atoms with E-state index < -0.39 is 0 Å². The van der Waals surface area contributed by atoms with Crippen LogP contribution in [-0.4, -0.2) is 19.1 Å². The minimum atomic E-state index is 0.238. The number of pyridine rings is 1. The summed E-state index contributed by atoms with van der Waals surface area (Å²) in [5.41, 5.74) is 2.07. The summed E-state index contributed by atoms with van der Waals surface area (Å²) in [4.78, 5) is 4.17. The molecule has 0 spiro atoms. The molecule has 1 heterocycles. The summed E-state index contributed by atoms with van der Waals surface area (Å²) in [5.74, 6) is 1.48. The van der Waals surface area contributed by atoms with Gasteiger partial charge in [-0.05, 0) is 32.2 Å². The lowest BCUT2D eigenvalue weighted by atomic mass is 10.1. The average molecular weight is 272 g/mol. The number of para-hydroxylation sites is 1. The molecular formula is C16H20N2O2. The van der Waals surface area contributed by atoms with Crippen LogP contribution in [-0.2, 0) is 6.61 Å². The van der Waals surface area contributed by atoms with Crippen molar-refractivity contribution in [3.8, 4) is 11.6 Å². The van der Waals surface area contributed by atoms with Gasteiger partial charge in [0.25, 0.3) is 0 Å². The largest absolute Gasteiger partial charge is 0.488 e. The van der Waals surface area contributed by atoms with Gasteiger partial charge in [0.1, 0.15) is 12.4 Å². The number of nitrogens with one attached hydrogen (secondary N) is 1. The summed E-state index contributed by atoms with van der Waals surface area (Å²) in [5, 5.41) is 3.23. The van der Waals surface area contributed by atoms with E-state index in [2.05, 4.69) is 23.3 Å². The van der Waals surface area contributed by atoms with Crippen molar-refractivity contribution < 1.29 is 9.47 Å². The molecule has 1 N–H and O–H groups in total. The first-order valence-corrected chi connectivity index (χ1v) is 6.63. The van der Waals surface area contributed by atoms with Crippen LogP contribution in [0.5, 0.6) is 11.6 Å². The second-order valence-electron chi connectivity index (χ2n) is 4.51. The molecule has 1 aromatic heterocycles. The Balaban J connectivity index is 2.15. The highest BCUT2D eigenvalue weighted by Gasteiger charge is 2.10. The van der Waals surface area contributed by atoms with Gasteiger partial charge in [0, 0.05) is 17.8 Å². The minimum absolute atomic E-state index is 0.238. The topological polar surface area (TPSA) is 43.4 Å². The molecule has 1 unspecified atom stereocenters. The van der Waals surface area contributed by atoms with Crippen molar-refractivity contribution in [2.24, 2.45) is 0 Å². The molecule has 1 atom stereocenters. The number of ether oxygens (including phenoxy) is 2. The summed E-state index contributed by atoms with van der Waals surface area (Å²) in [7, 11) is 3.55. The van der Waals surface area contributed by atoms with Crippen LogP contribution in [0.1, 0.15) is 24.1 Å². The molecule has 0 bridgehead atoms. The molecule has 0 radical (unpaired) electrons. The van der Waals surface area contributed by atoms with Crippen molar-refractivity contribution >= 4 is 0 Å². The fraction of sp³-hybridized carbons (Fsp3) is 0.312. The molecule has 0 saturated heterocycles. The standard InChI is InChI=1S/C16H20N2O2/c1-12(17-2)14-8-4-5-9-15(14)20-11-13-7-6-10-18-16(13)19-3/h4-10,12,17H,11H2,1-3H3. The number of aromatic nitrogens is 1. The summed E-state index contributed by atoms with van der Waals surface area (Å²) >= 11 is 0. The average Bonchev–Trinajstić information content (AvgIpc) is 2.52. The normalized spacial score (nSPS) is 11.9. The Morgan fingerprint density at radius 3 is 2.75 bits per heavy atom. The third-order valence-corrected chi connectivity index (χ3v) is 3.25. The molecule has 2 rings (SSSR count). The lowest BCUT2D eigenvalue weighted by molar-refractivity contribution is 0.289. The van der Waals surface area contributed by atoms with Crippen molar-refractivity contribution in [2.45, 2.75) is 19.6 Å². The summed E-state index contributed by atoms with van der Waals surface area (Å²) < 4.78 is 11.2. The lowest BCUT2D eigenvalue weighted by Crippen LogP contribution is -2.13. The second-order valence-corrected chi connectivity index (χ2v) is 4.51. The first-order valence-electron chi connectivity index (χ1n) is 6.63. The highest BCUT2D eigenvalue weighted by Crippen LogP contribution is 2.26. The van der Waals surface area contributed by atoms with E-state index in [1.165, 1.54) is 0 Å². The summed E-state index contributed by atoms with van der Waals surface area (Å²) in [6, 6.07) is 12.1. The Kier molecular flexibility index (Phi) is 4.96. The van der Waals surface area contributed by atoms with Gasteiger partial charge in [-0.15, -0.1) is 0 Å². The predicted molar refractivity (Wildman–Crippen MR) is 79.0 cm³/mol. The quantitative estimate of drug-likeness (QED) is 0.878. The summed E-state index contributed by atoms with van der Waals surface area (Å²) in [6.07, 6.45) is 1.71. The Labute approximate surface area is 119 Å². The SMILES string of the molecule is CNC(C)c1ccccc1OCc1cccnc1OC. The maximum Gasteiger partial charge on any atom is 0.219 e. The zero-order chi connectivity index (χ0) is 14.4. The van der Waals surface area contributed by atoms with E-state index in [-0.39, 0.29) is 6.04 Å². The van der Waals surface area contributed by atoms with Crippen molar-refractivity contribution in [3.63, 3.8) is 0 Å². The van der Waals surface area contributed by atoms with Gasteiger partial charge in [-0.25, -0.2) is 4.98 Å². The molecular weight excluding hydrogens is 252 g/mol.